The Labute approximate surface area is 204 Å². The Morgan fingerprint density at radius 2 is 1.77 bits per heavy atom. The van der Waals surface area contributed by atoms with Crippen LogP contribution in [0.15, 0.2) is 29.3 Å². The lowest BCUT2D eigenvalue weighted by Gasteiger charge is -2.39. The number of aliphatic hydroxyl groups excluding tert-OH is 1. The number of guanidine groups is 1. The molecule has 0 aromatic heterocycles. The summed E-state index contributed by atoms with van der Waals surface area (Å²) in [6, 6.07) is 8.54. The molecule has 176 valence electrons. The second-order valence-electron chi connectivity index (χ2n) is 8.99. The van der Waals surface area contributed by atoms with Gasteiger partial charge in [0.15, 0.2) is 15.8 Å². The Bertz CT molecular complexity index is 835. The van der Waals surface area contributed by atoms with Gasteiger partial charge in [0, 0.05) is 39.3 Å². The summed E-state index contributed by atoms with van der Waals surface area (Å²) in [5.41, 5.74) is 2.40. The summed E-state index contributed by atoms with van der Waals surface area (Å²) in [5.74, 6) is 0.934. The quantitative estimate of drug-likeness (QED) is 0.324. The minimum absolute atomic E-state index is 0. The van der Waals surface area contributed by atoms with Crippen molar-refractivity contribution in [1.29, 1.82) is 0 Å². The summed E-state index contributed by atoms with van der Waals surface area (Å²) in [4.78, 5) is 9.22. The molecule has 2 fully saturated rings. The van der Waals surface area contributed by atoms with Gasteiger partial charge in [0.25, 0.3) is 0 Å². The standard InChI is InChI=1S/C22H36N4O3S.HI/c1-4-23-21(26-13-14-30(28,29)22(2,3)17-26)24-15-18-5-7-19(8-6-18)16-25-11-9-20(27)10-12-25;/h5-8,20,27H,4,9-17H2,1-3H3,(H,23,24);1H. The number of nitrogens with one attached hydrogen (secondary N) is 1. The predicted octanol–water partition coefficient (Wildman–Crippen LogP) is 2.24. The SMILES string of the molecule is CCNC(=NCc1ccc(CN2CCC(O)CC2)cc1)N1CCS(=O)(=O)C(C)(C)C1.I. The number of hydrogen-bond acceptors (Lipinski definition) is 5. The molecule has 0 spiro atoms. The van der Waals surface area contributed by atoms with Crippen molar-refractivity contribution in [1.82, 2.24) is 15.1 Å². The largest absolute Gasteiger partial charge is 0.393 e. The normalized spacial score (nSPS) is 22.1. The molecule has 0 saturated carbocycles. The maximum atomic E-state index is 12.3. The third-order valence-corrected chi connectivity index (χ3v) is 8.61. The molecule has 2 saturated heterocycles. The molecule has 0 bridgehead atoms. The van der Waals surface area contributed by atoms with E-state index in [2.05, 4.69) is 39.4 Å². The molecule has 0 unspecified atom stereocenters. The number of aliphatic imine (C=N–C) groups is 1. The van der Waals surface area contributed by atoms with Gasteiger partial charge in [-0.05, 0) is 44.7 Å². The third-order valence-electron chi connectivity index (χ3n) is 6.08. The first-order chi connectivity index (χ1) is 14.2. The number of aliphatic hydroxyl groups is 1. The molecule has 31 heavy (non-hydrogen) atoms. The molecule has 2 aliphatic heterocycles. The lowest BCUT2D eigenvalue weighted by atomic mass is 10.1. The van der Waals surface area contributed by atoms with Crippen LogP contribution in [0.5, 0.6) is 0 Å². The fraction of sp³-hybridized carbons (Fsp3) is 0.682. The van der Waals surface area contributed by atoms with E-state index in [9.17, 15) is 13.5 Å². The fourth-order valence-corrected chi connectivity index (χ4v) is 5.37. The summed E-state index contributed by atoms with van der Waals surface area (Å²) in [6.07, 6.45) is 1.57. The highest BCUT2D eigenvalue weighted by Gasteiger charge is 2.40. The summed E-state index contributed by atoms with van der Waals surface area (Å²) in [5, 5.41) is 13.0. The summed E-state index contributed by atoms with van der Waals surface area (Å²) >= 11 is 0. The number of benzene rings is 1. The van der Waals surface area contributed by atoms with E-state index in [-0.39, 0.29) is 35.8 Å². The Hall–Kier alpha value is -0.910. The minimum atomic E-state index is -3.07. The van der Waals surface area contributed by atoms with Gasteiger partial charge < -0.3 is 15.3 Å². The molecule has 0 amide bonds. The Morgan fingerprint density at radius 3 is 2.35 bits per heavy atom. The van der Waals surface area contributed by atoms with E-state index >= 15 is 0 Å². The molecule has 1 aromatic rings. The minimum Gasteiger partial charge on any atom is -0.393 e. The smallest absolute Gasteiger partial charge is 0.194 e. The average molecular weight is 565 g/mol. The van der Waals surface area contributed by atoms with E-state index in [1.807, 2.05) is 6.92 Å². The van der Waals surface area contributed by atoms with Crippen molar-refractivity contribution in [2.75, 3.05) is 38.5 Å². The number of hydrogen-bond donors (Lipinski definition) is 2. The summed E-state index contributed by atoms with van der Waals surface area (Å²) in [7, 11) is -3.07. The first-order valence-electron chi connectivity index (χ1n) is 10.9. The highest BCUT2D eigenvalue weighted by Crippen LogP contribution is 2.24. The second kappa shape index (κ2) is 11.3. The molecule has 0 aliphatic carbocycles. The van der Waals surface area contributed by atoms with Gasteiger partial charge in [-0.15, -0.1) is 24.0 Å². The van der Waals surface area contributed by atoms with E-state index in [4.69, 9.17) is 4.99 Å². The van der Waals surface area contributed by atoms with Crippen LogP contribution in [0.4, 0.5) is 0 Å². The second-order valence-corrected chi connectivity index (χ2v) is 11.7. The van der Waals surface area contributed by atoms with E-state index < -0.39 is 14.6 Å². The van der Waals surface area contributed by atoms with E-state index in [1.165, 1.54) is 5.56 Å². The van der Waals surface area contributed by atoms with E-state index in [0.717, 1.165) is 50.5 Å². The molecule has 1 aromatic carbocycles. The van der Waals surface area contributed by atoms with Crippen LogP contribution in [0.3, 0.4) is 0 Å². The topological polar surface area (TPSA) is 85.2 Å². The molecular formula is C22H37IN4O3S. The Balaban J connectivity index is 0.00000341. The molecule has 0 atom stereocenters. The van der Waals surface area contributed by atoms with Crippen molar-refractivity contribution < 1.29 is 13.5 Å². The van der Waals surface area contributed by atoms with Crippen LogP contribution in [-0.2, 0) is 22.9 Å². The van der Waals surface area contributed by atoms with Gasteiger partial charge in [-0.25, -0.2) is 13.4 Å². The van der Waals surface area contributed by atoms with Crippen LogP contribution >= 0.6 is 24.0 Å². The monoisotopic (exact) mass is 564 g/mol. The lowest BCUT2D eigenvalue weighted by Crippen LogP contribution is -2.57. The molecule has 3 rings (SSSR count). The van der Waals surface area contributed by atoms with Crippen LogP contribution in [0.25, 0.3) is 0 Å². The average Bonchev–Trinajstić information content (AvgIpc) is 2.70. The maximum Gasteiger partial charge on any atom is 0.194 e. The molecule has 9 heteroatoms. The number of rotatable bonds is 5. The fourth-order valence-electron chi connectivity index (χ4n) is 4.00. The van der Waals surface area contributed by atoms with E-state index in [1.54, 1.807) is 13.8 Å². The first-order valence-corrected chi connectivity index (χ1v) is 12.6. The highest BCUT2D eigenvalue weighted by atomic mass is 127. The summed E-state index contributed by atoms with van der Waals surface area (Å²) in [6.45, 7) is 10.6. The van der Waals surface area contributed by atoms with Crippen molar-refractivity contribution in [2.24, 2.45) is 4.99 Å². The first kappa shape index (κ1) is 26.3. The molecule has 7 nitrogen and oxygen atoms in total. The summed E-state index contributed by atoms with van der Waals surface area (Å²) < 4.78 is 23.8. The zero-order chi connectivity index (χ0) is 21.8. The molecule has 2 aliphatic rings. The molecule has 2 heterocycles. The van der Waals surface area contributed by atoms with Gasteiger partial charge in [-0.2, -0.15) is 0 Å². The zero-order valence-corrected chi connectivity index (χ0v) is 22.0. The molecular weight excluding hydrogens is 527 g/mol. The van der Waals surface area contributed by atoms with Crippen molar-refractivity contribution in [3.63, 3.8) is 0 Å². The molecule has 2 N–H and O–H groups in total. The lowest BCUT2D eigenvalue weighted by molar-refractivity contribution is 0.0792. The zero-order valence-electron chi connectivity index (χ0n) is 18.9. The van der Waals surface area contributed by atoms with Crippen LogP contribution in [0.2, 0.25) is 0 Å². The number of nitrogens with zero attached hydrogens (tertiary/aromatic N) is 3. The third kappa shape index (κ3) is 7.03. The maximum absolute atomic E-state index is 12.3. The van der Waals surface area contributed by atoms with Crippen molar-refractivity contribution >= 4 is 39.8 Å². The van der Waals surface area contributed by atoms with Crippen LogP contribution in [0, 0.1) is 0 Å². The van der Waals surface area contributed by atoms with Gasteiger partial charge in [0.2, 0.25) is 0 Å². The molecule has 0 radical (unpaired) electrons. The van der Waals surface area contributed by atoms with Crippen LogP contribution in [-0.4, -0.2) is 78.6 Å². The predicted molar refractivity (Wildman–Crippen MR) is 137 cm³/mol. The number of halogens is 1. The van der Waals surface area contributed by atoms with Crippen LogP contribution < -0.4 is 5.32 Å². The van der Waals surface area contributed by atoms with Gasteiger partial charge in [-0.1, -0.05) is 24.3 Å². The van der Waals surface area contributed by atoms with E-state index in [0.29, 0.717) is 19.6 Å². The van der Waals surface area contributed by atoms with Crippen molar-refractivity contribution in [2.45, 2.75) is 57.6 Å². The number of sulfone groups is 1. The van der Waals surface area contributed by atoms with Gasteiger partial charge in [-0.3, -0.25) is 4.90 Å². The highest BCUT2D eigenvalue weighted by molar-refractivity contribution is 14.0. The number of piperidine rings is 1. The number of likely N-dealkylation sites (tertiary alicyclic amines) is 1. The van der Waals surface area contributed by atoms with Crippen LogP contribution in [0.1, 0.15) is 44.7 Å². The van der Waals surface area contributed by atoms with Gasteiger partial charge in [0.1, 0.15) is 0 Å². The van der Waals surface area contributed by atoms with Crippen molar-refractivity contribution in [3.8, 4) is 0 Å². The van der Waals surface area contributed by atoms with Crippen molar-refractivity contribution in [3.05, 3.63) is 35.4 Å². The van der Waals surface area contributed by atoms with Gasteiger partial charge >= 0.3 is 0 Å². The Kier molecular flexibility index (Phi) is 9.59. The Morgan fingerprint density at radius 1 is 1.16 bits per heavy atom. The van der Waals surface area contributed by atoms with Gasteiger partial charge in [0.05, 0.1) is 23.1 Å².